The van der Waals surface area contributed by atoms with Crippen molar-refractivity contribution in [2.24, 2.45) is 0 Å². The molecular formula is C23H21FN4O4S. The number of carbonyl (C=O) groups excluding carboxylic acids is 1. The number of esters is 1. The van der Waals surface area contributed by atoms with Gasteiger partial charge in [0, 0.05) is 11.4 Å². The van der Waals surface area contributed by atoms with Crippen LogP contribution in [0.5, 0.6) is 0 Å². The number of aromatic nitrogens is 3. The van der Waals surface area contributed by atoms with Crippen LogP contribution in [0, 0.1) is 5.82 Å². The van der Waals surface area contributed by atoms with Gasteiger partial charge in [-0.25, -0.2) is 18.7 Å². The van der Waals surface area contributed by atoms with Gasteiger partial charge in [-0.3, -0.25) is 0 Å². The van der Waals surface area contributed by atoms with Gasteiger partial charge in [-0.1, -0.05) is 42.1 Å². The van der Waals surface area contributed by atoms with Crippen LogP contribution >= 0.6 is 11.8 Å². The third-order valence-electron chi connectivity index (χ3n) is 5.12. The molecule has 0 radical (unpaired) electrons. The average Bonchev–Trinajstić information content (AvgIpc) is 3.20. The van der Waals surface area contributed by atoms with Gasteiger partial charge in [-0.15, -0.1) is 5.10 Å². The van der Waals surface area contributed by atoms with Crippen molar-refractivity contribution < 1.29 is 23.8 Å². The smallest absolute Gasteiger partial charge is 0.338 e. The predicted molar refractivity (Wildman–Crippen MR) is 120 cm³/mol. The summed E-state index contributed by atoms with van der Waals surface area (Å²) in [4.78, 5) is 28.6. The van der Waals surface area contributed by atoms with E-state index < -0.39 is 18.0 Å². The highest BCUT2D eigenvalue weighted by atomic mass is 32.2. The first-order valence-electron chi connectivity index (χ1n) is 10.2. The minimum absolute atomic E-state index is 0.131. The molecule has 1 atom stereocenters. The van der Waals surface area contributed by atoms with Crippen molar-refractivity contribution in [2.45, 2.75) is 30.8 Å². The normalized spacial score (nSPS) is 15.1. The number of nitrogens with zero attached hydrogens (tertiary/aromatic N) is 3. The zero-order chi connectivity index (χ0) is 23.5. The summed E-state index contributed by atoms with van der Waals surface area (Å²) in [6.45, 7) is 3.67. The van der Waals surface area contributed by atoms with Crippen molar-refractivity contribution in [1.82, 2.24) is 14.8 Å². The Morgan fingerprint density at radius 1 is 1.21 bits per heavy atom. The third-order valence-corrected chi connectivity index (χ3v) is 6.00. The molecule has 0 bridgehead atoms. The number of aromatic carboxylic acids is 1. The summed E-state index contributed by atoms with van der Waals surface area (Å²) in [5.41, 5.74) is 2.23. The number of carboxylic acids is 1. The number of halogens is 1. The van der Waals surface area contributed by atoms with Gasteiger partial charge in [0.2, 0.25) is 11.1 Å². The van der Waals surface area contributed by atoms with Crippen LogP contribution in [-0.2, 0) is 15.3 Å². The van der Waals surface area contributed by atoms with Crippen LogP contribution in [-0.4, -0.2) is 38.4 Å². The lowest BCUT2D eigenvalue weighted by atomic mass is 9.95. The Morgan fingerprint density at radius 2 is 1.94 bits per heavy atom. The summed E-state index contributed by atoms with van der Waals surface area (Å²) in [7, 11) is 0. The monoisotopic (exact) mass is 468 g/mol. The number of hydrogen-bond donors (Lipinski definition) is 2. The van der Waals surface area contributed by atoms with Gasteiger partial charge >= 0.3 is 11.9 Å². The van der Waals surface area contributed by atoms with E-state index in [1.165, 1.54) is 30.0 Å². The molecule has 2 heterocycles. The Kier molecular flexibility index (Phi) is 6.45. The zero-order valence-corrected chi connectivity index (χ0v) is 18.7. The molecule has 1 aromatic heterocycles. The number of rotatable bonds is 7. The van der Waals surface area contributed by atoms with Crippen LogP contribution in [0.3, 0.4) is 0 Å². The molecule has 0 spiro atoms. The summed E-state index contributed by atoms with van der Waals surface area (Å²) in [5.74, 6) is -1.09. The molecular weight excluding hydrogens is 447 g/mol. The van der Waals surface area contributed by atoms with Crippen molar-refractivity contribution in [3.05, 3.63) is 82.3 Å². The highest BCUT2D eigenvalue weighted by Crippen LogP contribution is 2.37. The molecule has 3 aromatic rings. The van der Waals surface area contributed by atoms with Crippen LogP contribution in [0.4, 0.5) is 10.3 Å². The summed E-state index contributed by atoms with van der Waals surface area (Å²) in [5, 5.41) is 17.3. The molecule has 0 saturated heterocycles. The number of thioether (sulfide) groups is 1. The first-order chi connectivity index (χ1) is 15.9. The predicted octanol–water partition coefficient (Wildman–Crippen LogP) is 4.26. The molecule has 8 nitrogen and oxygen atoms in total. The fourth-order valence-electron chi connectivity index (χ4n) is 3.54. The topological polar surface area (TPSA) is 106 Å². The van der Waals surface area contributed by atoms with Crippen molar-refractivity contribution >= 4 is 29.6 Å². The first-order valence-corrected chi connectivity index (χ1v) is 11.2. The van der Waals surface area contributed by atoms with E-state index in [0.717, 1.165) is 0 Å². The molecule has 2 N–H and O–H groups in total. The number of anilines is 1. The molecule has 10 heteroatoms. The van der Waals surface area contributed by atoms with E-state index in [-0.39, 0.29) is 18.0 Å². The molecule has 0 amide bonds. The number of carbonyl (C=O) groups is 2. The number of ether oxygens (including phenoxy) is 1. The standard InChI is InChI=1S/C23H21FN4O4S/c1-3-32-21(31)18-13(2)25-22-26-23(33-12-16-6-4-5-7-17(16)24)27-28(22)19(18)14-8-10-15(11-9-14)20(29)30/h4-11,19H,3,12H2,1-2H3,(H,29,30)(H,25,26,27). The SMILES string of the molecule is CCOC(=O)C1=C(C)Nc2nc(SCc3ccccc3F)nn2C1c1ccc(C(=O)O)cc1. The second-order valence-corrected chi connectivity index (χ2v) is 8.20. The summed E-state index contributed by atoms with van der Waals surface area (Å²) >= 11 is 1.27. The molecule has 0 aliphatic carbocycles. The highest BCUT2D eigenvalue weighted by molar-refractivity contribution is 7.98. The summed E-state index contributed by atoms with van der Waals surface area (Å²) in [6, 6.07) is 12.1. The van der Waals surface area contributed by atoms with Crippen molar-refractivity contribution in [1.29, 1.82) is 0 Å². The van der Waals surface area contributed by atoms with Crippen LogP contribution in [0.1, 0.15) is 41.4 Å². The minimum Gasteiger partial charge on any atom is -0.478 e. The Labute approximate surface area is 193 Å². The van der Waals surface area contributed by atoms with E-state index >= 15 is 0 Å². The van der Waals surface area contributed by atoms with Crippen LogP contribution in [0.2, 0.25) is 0 Å². The molecule has 4 rings (SSSR count). The fraction of sp³-hybridized carbons (Fsp3) is 0.217. The third kappa shape index (κ3) is 4.61. The molecule has 2 aromatic carbocycles. The second kappa shape index (κ2) is 9.45. The lowest BCUT2D eigenvalue weighted by Gasteiger charge is -2.28. The van der Waals surface area contributed by atoms with E-state index in [9.17, 15) is 19.1 Å². The van der Waals surface area contributed by atoms with Gasteiger partial charge in [-0.2, -0.15) is 4.98 Å². The van der Waals surface area contributed by atoms with E-state index in [2.05, 4.69) is 15.4 Å². The molecule has 1 unspecified atom stereocenters. The van der Waals surface area contributed by atoms with E-state index in [1.807, 2.05) is 0 Å². The van der Waals surface area contributed by atoms with Gasteiger partial charge in [-0.05, 0) is 43.2 Å². The number of carboxylic acid groups (broad SMARTS) is 1. The quantitative estimate of drug-likeness (QED) is 0.391. The van der Waals surface area contributed by atoms with Gasteiger partial charge < -0.3 is 15.2 Å². The molecule has 33 heavy (non-hydrogen) atoms. The van der Waals surface area contributed by atoms with Gasteiger partial charge in [0.05, 0.1) is 17.7 Å². The Balaban J connectivity index is 1.71. The second-order valence-electron chi connectivity index (χ2n) is 7.26. The maximum absolute atomic E-state index is 14.0. The first kappa shape index (κ1) is 22.5. The van der Waals surface area contributed by atoms with E-state index in [4.69, 9.17) is 4.74 Å². The van der Waals surface area contributed by atoms with E-state index in [1.54, 1.807) is 48.9 Å². The maximum atomic E-state index is 14.0. The average molecular weight is 469 g/mol. The Bertz CT molecular complexity index is 1240. The maximum Gasteiger partial charge on any atom is 0.338 e. The van der Waals surface area contributed by atoms with E-state index in [0.29, 0.717) is 39.3 Å². The minimum atomic E-state index is -1.04. The molecule has 1 aliphatic rings. The van der Waals surface area contributed by atoms with Crippen molar-refractivity contribution in [3.8, 4) is 0 Å². The number of hydrogen-bond acceptors (Lipinski definition) is 7. The van der Waals surface area contributed by atoms with Crippen molar-refractivity contribution in [2.75, 3.05) is 11.9 Å². The fourth-order valence-corrected chi connectivity index (χ4v) is 4.36. The van der Waals surface area contributed by atoms with Crippen LogP contribution in [0.15, 0.2) is 65.0 Å². The zero-order valence-electron chi connectivity index (χ0n) is 17.9. The number of fused-ring (bicyclic) bond motifs is 1. The summed E-state index contributed by atoms with van der Waals surface area (Å²) in [6.07, 6.45) is 0. The van der Waals surface area contributed by atoms with Crippen LogP contribution < -0.4 is 5.32 Å². The largest absolute Gasteiger partial charge is 0.478 e. The van der Waals surface area contributed by atoms with Gasteiger partial charge in [0.25, 0.3) is 0 Å². The van der Waals surface area contributed by atoms with Crippen LogP contribution in [0.25, 0.3) is 0 Å². The highest BCUT2D eigenvalue weighted by Gasteiger charge is 2.35. The number of allylic oxidation sites excluding steroid dienone is 1. The lowest BCUT2D eigenvalue weighted by molar-refractivity contribution is -0.139. The van der Waals surface area contributed by atoms with Gasteiger partial charge in [0.1, 0.15) is 11.9 Å². The number of nitrogens with one attached hydrogen (secondary N) is 1. The Morgan fingerprint density at radius 3 is 2.61 bits per heavy atom. The van der Waals surface area contributed by atoms with Crippen molar-refractivity contribution in [3.63, 3.8) is 0 Å². The Hall–Kier alpha value is -3.66. The molecule has 1 aliphatic heterocycles. The molecule has 0 fully saturated rings. The summed E-state index contributed by atoms with van der Waals surface area (Å²) < 4.78 is 20.8. The lowest BCUT2D eigenvalue weighted by Crippen LogP contribution is -2.29. The van der Waals surface area contributed by atoms with Gasteiger partial charge in [0.15, 0.2) is 0 Å². The molecule has 170 valence electrons. The molecule has 0 saturated carbocycles. The number of benzene rings is 2.